The maximum Gasteiger partial charge on any atom is 0.242 e. The zero-order valence-corrected chi connectivity index (χ0v) is 18.6. The molecular weight excluding hydrogens is 434 g/mol. The largest absolute Gasteiger partial charge is 0.355 e. The number of likely N-dealkylation sites (N-methyl/N-ethyl adjacent to an activating group) is 1. The van der Waals surface area contributed by atoms with E-state index in [1.54, 1.807) is 50.2 Å². The van der Waals surface area contributed by atoms with E-state index in [1.807, 2.05) is 0 Å². The molecule has 2 aromatic rings. The summed E-state index contributed by atoms with van der Waals surface area (Å²) in [5, 5.41) is 3.79. The highest BCUT2D eigenvalue weighted by Gasteiger charge is 2.26. The number of hydrogen-bond acceptors (Lipinski definition) is 3. The summed E-state index contributed by atoms with van der Waals surface area (Å²) in [5.74, 6) is -0.395. The molecule has 0 aliphatic heterocycles. The molecular formula is C21H23Cl2FN2O2S. The maximum absolute atomic E-state index is 14.1. The van der Waals surface area contributed by atoms with E-state index in [2.05, 4.69) is 5.32 Å². The molecule has 0 bridgehead atoms. The molecule has 4 nitrogen and oxygen atoms in total. The predicted octanol–water partition coefficient (Wildman–Crippen LogP) is 4.92. The number of halogens is 3. The third-order valence-electron chi connectivity index (χ3n) is 4.35. The summed E-state index contributed by atoms with van der Waals surface area (Å²) in [6, 6.07) is 10.7. The van der Waals surface area contributed by atoms with Crippen molar-refractivity contribution in [1.29, 1.82) is 0 Å². The Morgan fingerprint density at radius 1 is 1.14 bits per heavy atom. The number of carbonyl (C=O) groups excluding carboxylic acids is 2. The van der Waals surface area contributed by atoms with E-state index < -0.39 is 11.9 Å². The summed E-state index contributed by atoms with van der Waals surface area (Å²) in [7, 11) is 0. The SMILES string of the molecule is CCNC(=O)C(C)N(Cc1ccccc1F)C(=O)CSCc1c(Cl)cccc1Cl. The highest BCUT2D eigenvalue weighted by molar-refractivity contribution is 7.99. The average molecular weight is 457 g/mol. The van der Waals surface area contributed by atoms with E-state index in [-0.39, 0.29) is 24.1 Å². The van der Waals surface area contributed by atoms with Crippen LogP contribution >= 0.6 is 35.0 Å². The summed E-state index contributed by atoms with van der Waals surface area (Å²) >= 11 is 13.7. The molecule has 29 heavy (non-hydrogen) atoms. The predicted molar refractivity (Wildman–Crippen MR) is 118 cm³/mol. The second-order valence-electron chi connectivity index (χ2n) is 6.38. The van der Waals surface area contributed by atoms with Crippen LogP contribution in [0.25, 0.3) is 0 Å². The van der Waals surface area contributed by atoms with E-state index in [9.17, 15) is 14.0 Å². The Balaban J connectivity index is 2.11. The lowest BCUT2D eigenvalue weighted by Gasteiger charge is -2.28. The van der Waals surface area contributed by atoms with Gasteiger partial charge in [0.05, 0.1) is 5.75 Å². The van der Waals surface area contributed by atoms with Crippen LogP contribution in [0.1, 0.15) is 25.0 Å². The van der Waals surface area contributed by atoms with Gasteiger partial charge in [-0.2, -0.15) is 0 Å². The van der Waals surface area contributed by atoms with Gasteiger partial charge in [-0.15, -0.1) is 11.8 Å². The Labute approximate surface area is 184 Å². The van der Waals surface area contributed by atoms with Crippen molar-refractivity contribution >= 4 is 46.8 Å². The third-order valence-corrected chi connectivity index (χ3v) is 6.00. The fraction of sp³-hybridized carbons (Fsp3) is 0.333. The second-order valence-corrected chi connectivity index (χ2v) is 8.18. The van der Waals surface area contributed by atoms with Gasteiger partial charge in [-0.05, 0) is 37.6 Å². The van der Waals surface area contributed by atoms with Crippen molar-refractivity contribution in [3.05, 3.63) is 69.5 Å². The molecule has 156 valence electrons. The van der Waals surface area contributed by atoms with E-state index in [0.29, 0.717) is 27.9 Å². The smallest absolute Gasteiger partial charge is 0.242 e. The number of amides is 2. The van der Waals surface area contributed by atoms with E-state index in [4.69, 9.17) is 23.2 Å². The third kappa shape index (κ3) is 6.63. The number of hydrogen-bond donors (Lipinski definition) is 1. The van der Waals surface area contributed by atoms with Gasteiger partial charge < -0.3 is 10.2 Å². The zero-order chi connectivity index (χ0) is 21.4. The standard InChI is InChI=1S/C21H23Cl2FN2O2S/c1-3-25-21(28)14(2)26(11-15-7-4-5-10-19(15)24)20(27)13-29-12-16-17(22)8-6-9-18(16)23/h4-10,14H,3,11-13H2,1-2H3,(H,25,28). The van der Waals surface area contributed by atoms with Gasteiger partial charge in [0.25, 0.3) is 0 Å². The number of rotatable bonds is 9. The molecule has 2 rings (SSSR count). The van der Waals surface area contributed by atoms with Gasteiger partial charge in [0, 0.05) is 34.5 Å². The van der Waals surface area contributed by atoms with Gasteiger partial charge in [-0.3, -0.25) is 9.59 Å². The van der Waals surface area contributed by atoms with Crippen LogP contribution in [0.5, 0.6) is 0 Å². The molecule has 1 atom stereocenters. The van der Waals surface area contributed by atoms with Gasteiger partial charge in [0.2, 0.25) is 11.8 Å². The van der Waals surface area contributed by atoms with Crippen LogP contribution in [-0.2, 0) is 21.9 Å². The summed E-state index contributed by atoms with van der Waals surface area (Å²) in [5.41, 5.74) is 1.11. The molecule has 0 spiro atoms. The molecule has 0 saturated heterocycles. The first-order chi connectivity index (χ1) is 13.8. The minimum atomic E-state index is -0.730. The summed E-state index contributed by atoms with van der Waals surface area (Å²) in [6.07, 6.45) is 0. The number of nitrogens with one attached hydrogen (secondary N) is 1. The van der Waals surface area contributed by atoms with Gasteiger partial charge in [0.1, 0.15) is 11.9 Å². The van der Waals surface area contributed by atoms with Crippen molar-refractivity contribution in [3.63, 3.8) is 0 Å². The molecule has 1 unspecified atom stereocenters. The minimum Gasteiger partial charge on any atom is -0.355 e. The Morgan fingerprint density at radius 3 is 2.41 bits per heavy atom. The summed E-state index contributed by atoms with van der Waals surface area (Å²) in [6.45, 7) is 3.90. The van der Waals surface area contributed by atoms with Crippen LogP contribution in [0.15, 0.2) is 42.5 Å². The molecule has 0 heterocycles. The number of carbonyl (C=O) groups is 2. The van der Waals surface area contributed by atoms with Crippen LogP contribution in [0.3, 0.4) is 0 Å². The number of nitrogens with zero attached hydrogens (tertiary/aromatic N) is 1. The van der Waals surface area contributed by atoms with Crippen molar-refractivity contribution in [2.75, 3.05) is 12.3 Å². The van der Waals surface area contributed by atoms with Crippen molar-refractivity contribution in [2.24, 2.45) is 0 Å². The second kappa shape index (κ2) is 11.4. The monoisotopic (exact) mass is 456 g/mol. The molecule has 0 aliphatic carbocycles. The van der Waals surface area contributed by atoms with Crippen LogP contribution in [0.2, 0.25) is 10.0 Å². The molecule has 0 aromatic heterocycles. The fourth-order valence-electron chi connectivity index (χ4n) is 2.71. The zero-order valence-electron chi connectivity index (χ0n) is 16.3. The van der Waals surface area contributed by atoms with Crippen molar-refractivity contribution < 1.29 is 14.0 Å². The summed E-state index contributed by atoms with van der Waals surface area (Å²) in [4.78, 5) is 26.6. The van der Waals surface area contributed by atoms with Gasteiger partial charge in [0.15, 0.2) is 0 Å². The number of benzene rings is 2. The molecule has 0 saturated carbocycles. The lowest BCUT2D eigenvalue weighted by molar-refractivity contribution is -0.138. The first kappa shape index (κ1) is 23.5. The molecule has 0 aliphatic rings. The van der Waals surface area contributed by atoms with Crippen LogP contribution < -0.4 is 5.32 Å². The summed E-state index contributed by atoms with van der Waals surface area (Å²) < 4.78 is 14.1. The number of thioether (sulfide) groups is 1. The van der Waals surface area contributed by atoms with Crippen molar-refractivity contribution in [2.45, 2.75) is 32.2 Å². The Kier molecular flexibility index (Phi) is 9.27. The Bertz CT molecular complexity index is 846. The molecule has 8 heteroatoms. The average Bonchev–Trinajstić information content (AvgIpc) is 2.69. The Hall–Kier alpha value is -1.76. The van der Waals surface area contributed by atoms with Crippen LogP contribution in [0.4, 0.5) is 4.39 Å². The van der Waals surface area contributed by atoms with E-state index >= 15 is 0 Å². The van der Waals surface area contributed by atoms with Crippen LogP contribution in [0, 0.1) is 5.82 Å². The van der Waals surface area contributed by atoms with Crippen LogP contribution in [-0.4, -0.2) is 35.1 Å². The first-order valence-corrected chi connectivity index (χ1v) is 11.1. The van der Waals surface area contributed by atoms with E-state index in [0.717, 1.165) is 5.56 Å². The van der Waals surface area contributed by atoms with Gasteiger partial charge >= 0.3 is 0 Å². The molecule has 1 N–H and O–H groups in total. The minimum absolute atomic E-state index is 0.0111. The van der Waals surface area contributed by atoms with Crippen molar-refractivity contribution in [1.82, 2.24) is 10.2 Å². The molecule has 2 aromatic carbocycles. The lowest BCUT2D eigenvalue weighted by atomic mass is 10.1. The molecule has 0 radical (unpaired) electrons. The first-order valence-electron chi connectivity index (χ1n) is 9.16. The van der Waals surface area contributed by atoms with Gasteiger partial charge in [-0.1, -0.05) is 47.5 Å². The van der Waals surface area contributed by atoms with E-state index in [1.165, 1.54) is 22.7 Å². The Morgan fingerprint density at radius 2 is 1.79 bits per heavy atom. The lowest BCUT2D eigenvalue weighted by Crippen LogP contribution is -2.48. The molecule has 2 amide bonds. The normalized spacial score (nSPS) is 11.8. The quantitative estimate of drug-likeness (QED) is 0.582. The fourth-order valence-corrected chi connectivity index (χ4v) is 4.36. The highest BCUT2D eigenvalue weighted by atomic mass is 35.5. The molecule has 0 fully saturated rings. The van der Waals surface area contributed by atoms with Gasteiger partial charge in [-0.25, -0.2) is 4.39 Å². The van der Waals surface area contributed by atoms with Crippen molar-refractivity contribution in [3.8, 4) is 0 Å². The topological polar surface area (TPSA) is 49.4 Å². The highest BCUT2D eigenvalue weighted by Crippen LogP contribution is 2.28. The maximum atomic E-state index is 14.1.